The zero-order valence-corrected chi connectivity index (χ0v) is 9.65. The second-order valence-corrected chi connectivity index (χ2v) is 4.22. The van der Waals surface area contributed by atoms with Crippen LogP contribution in [0.3, 0.4) is 0 Å². The molecule has 0 bridgehead atoms. The molecule has 0 saturated carbocycles. The highest BCUT2D eigenvalue weighted by Crippen LogP contribution is 2.27. The van der Waals surface area contributed by atoms with Crippen molar-refractivity contribution in [1.82, 2.24) is 4.98 Å². The summed E-state index contributed by atoms with van der Waals surface area (Å²) in [6.45, 7) is 7.14. The first-order valence-corrected chi connectivity index (χ1v) is 5.42. The van der Waals surface area contributed by atoms with Gasteiger partial charge in [0.25, 0.3) is 0 Å². The van der Waals surface area contributed by atoms with E-state index in [0.717, 1.165) is 6.42 Å². The Hall–Kier alpha value is -1.28. The number of hydrogen-bond acceptors (Lipinski definition) is 1. The SMILES string of the molecule is Cc1[nH]c2c(C)ccc(C)c2c1CCN. The first-order valence-electron chi connectivity index (χ1n) is 5.42. The first kappa shape index (κ1) is 10.2. The van der Waals surface area contributed by atoms with Gasteiger partial charge in [-0.3, -0.25) is 0 Å². The van der Waals surface area contributed by atoms with Crippen molar-refractivity contribution in [1.29, 1.82) is 0 Å². The molecule has 80 valence electrons. The molecule has 0 atom stereocenters. The van der Waals surface area contributed by atoms with Crippen LogP contribution in [0.4, 0.5) is 0 Å². The molecule has 0 amide bonds. The van der Waals surface area contributed by atoms with Crippen molar-refractivity contribution in [3.63, 3.8) is 0 Å². The highest BCUT2D eigenvalue weighted by molar-refractivity contribution is 5.90. The van der Waals surface area contributed by atoms with Gasteiger partial charge in [-0.1, -0.05) is 12.1 Å². The van der Waals surface area contributed by atoms with Crippen molar-refractivity contribution < 1.29 is 0 Å². The van der Waals surface area contributed by atoms with Gasteiger partial charge < -0.3 is 10.7 Å². The summed E-state index contributed by atoms with van der Waals surface area (Å²) in [6, 6.07) is 4.35. The van der Waals surface area contributed by atoms with Crippen LogP contribution in [0.2, 0.25) is 0 Å². The second-order valence-electron chi connectivity index (χ2n) is 4.22. The first-order chi connectivity index (χ1) is 7.15. The zero-order chi connectivity index (χ0) is 11.0. The molecule has 2 heteroatoms. The Bertz CT molecular complexity index is 495. The standard InChI is InChI=1S/C13H18N2/c1-8-4-5-9(2)13-12(8)11(6-7-14)10(3)15-13/h4-5,15H,6-7,14H2,1-3H3. The molecule has 0 aliphatic rings. The molecule has 0 aliphatic heterocycles. The van der Waals surface area contributed by atoms with Crippen molar-refractivity contribution in [2.45, 2.75) is 27.2 Å². The zero-order valence-electron chi connectivity index (χ0n) is 9.65. The third-order valence-electron chi connectivity index (χ3n) is 3.08. The van der Waals surface area contributed by atoms with E-state index in [9.17, 15) is 0 Å². The molecule has 2 nitrogen and oxygen atoms in total. The molecule has 3 N–H and O–H groups in total. The Kier molecular flexibility index (Phi) is 2.53. The largest absolute Gasteiger partial charge is 0.358 e. The molecule has 15 heavy (non-hydrogen) atoms. The van der Waals surface area contributed by atoms with E-state index in [0.29, 0.717) is 6.54 Å². The van der Waals surface area contributed by atoms with E-state index in [1.54, 1.807) is 0 Å². The van der Waals surface area contributed by atoms with Crippen molar-refractivity contribution >= 4 is 10.9 Å². The third kappa shape index (κ3) is 1.55. The van der Waals surface area contributed by atoms with E-state index in [1.165, 1.54) is 33.3 Å². The Morgan fingerprint density at radius 3 is 2.47 bits per heavy atom. The Balaban J connectivity index is 2.79. The van der Waals surface area contributed by atoms with Crippen LogP contribution in [0.5, 0.6) is 0 Å². The maximum Gasteiger partial charge on any atom is 0.0491 e. The van der Waals surface area contributed by atoms with Crippen LogP contribution in [-0.2, 0) is 6.42 Å². The number of fused-ring (bicyclic) bond motifs is 1. The smallest absolute Gasteiger partial charge is 0.0491 e. The average Bonchev–Trinajstić information content (AvgIpc) is 2.53. The maximum atomic E-state index is 5.65. The van der Waals surface area contributed by atoms with Gasteiger partial charge in [0.05, 0.1) is 0 Å². The van der Waals surface area contributed by atoms with Crippen molar-refractivity contribution in [2.24, 2.45) is 5.73 Å². The van der Waals surface area contributed by atoms with E-state index in [1.807, 2.05) is 0 Å². The number of aromatic amines is 1. The summed E-state index contributed by atoms with van der Waals surface area (Å²) < 4.78 is 0. The van der Waals surface area contributed by atoms with Crippen molar-refractivity contribution in [3.8, 4) is 0 Å². The average molecular weight is 202 g/mol. The Morgan fingerprint density at radius 2 is 1.80 bits per heavy atom. The van der Waals surface area contributed by atoms with Gasteiger partial charge in [0.1, 0.15) is 0 Å². The molecule has 2 aromatic rings. The minimum Gasteiger partial charge on any atom is -0.358 e. The summed E-state index contributed by atoms with van der Waals surface area (Å²) in [5.41, 5.74) is 12.2. The Morgan fingerprint density at radius 1 is 1.13 bits per heavy atom. The molecule has 0 spiro atoms. The number of hydrogen-bond donors (Lipinski definition) is 2. The number of aryl methyl sites for hydroxylation is 3. The highest BCUT2D eigenvalue weighted by atomic mass is 14.7. The predicted octanol–water partition coefficient (Wildman–Crippen LogP) is 2.59. The second kappa shape index (κ2) is 3.70. The van der Waals surface area contributed by atoms with Crippen LogP contribution >= 0.6 is 0 Å². The molecular formula is C13H18N2. The highest BCUT2D eigenvalue weighted by Gasteiger charge is 2.11. The number of aromatic nitrogens is 1. The number of nitrogens with one attached hydrogen (secondary N) is 1. The lowest BCUT2D eigenvalue weighted by molar-refractivity contribution is 0.962. The van der Waals surface area contributed by atoms with Gasteiger partial charge in [0, 0.05) is 16.6 Å². The van der Waals surface area contributed by atoms with Gasteiger partial charge in [-0.2, -0.15) is 0 Å². The van der Waals surface area contributed by atoms with Crippen molar-refractivity contribution in [2.75, 3.05) is 6.54 Å². The van der Waals surface area contributed by atoms with Gasteiger partial charge >= 0.3 is 0 Å². The van der Waals surface area contributed by atoms with Gasteiger partial charge in [0.2, 0.25) is 0 Å². The van der Waals surface area contributed by atoms with E-state index in [4.69, 9.17) is 5.73 Å². The summed E-state index contributed by atoms with van der Waals surface area (Å²) in [6.07, 6.45) is 0.954. The van der Waals surface area contributed by atoms with E-state index < -0.39 is 0 Å². The van der Waals surface area contributed by atoms with Gasteiger partial charge in [-0.05, 0) is 50.4 Å². The predicted molar refractivity (Wildman–Crippen MR) is 65.3 cm³/mol. The monoisotopic (exact) mass is 202 g/mol. The fraction of sp³-hybridized carbons (Fsp3) is 0.385. The van der Waals surface area contributed by atoms with Gasteiger partial charge in [-0.15, -0.1) is 0 Å². The van der Waals surface area contributed by atoms with E-state index in [-0.39, 0.29) is 0 Å². The Labute approximate surface area is 90.5 Å². The summed E-state index contributed by atoms with van der Waals surface area (Å²) in [7, 11) is 0. The van der Waals surface area contributed by atoms with E-state index >= 15 is 0 Å². The molecule has 1 aromatic carbocycles. The molecular weight excluding hydrogens is 184 g/mol. The molecule has 1 heterocycles. The van der Waals surface area contributed by atoms with Crippen LogP contribution < -0.4 is 5.73 Å². The van der Waals surface area contributed by atoms with Gasteiger partial charge in [0.15, 0.2) is 0 Å². The van der Waals surface area contributed by atoms with Crippen LogP contribution in [0.25, 0.3) is 10.9 Å². The topological polar surface area (TPSA) is 41.8 Å². The lowest BCUT2D eigenvalue weighted by Crippen LogP contribution is -2.03. The summed E-state index contributed by atoms with van der Waals surface area (Å²) in [4.78, 5) is 3.47. The molecule has 2 rings (SSSR count). The minimum absolute atomic E-state index is 0.709. The third-order valence-corrected chi connectivity index (χ3v) is 3.08. The van der Waals surface area contributed by atoms with Crippen LogP contribution in [0.15, 0.2) is 12.1 Å². The number of nitrogens with two attached hydrogens (primary N) is 1. The summed E-state index contributed by atoms with van der Waals surface area (Å²) in [5.74, 6) is 0. The molecule has 0 saturated heterocycles. The lowest BCUT2D eigenvalue weighted by Gasteiger charge is -2.03. The van der Waals surface area contributed by atoms with Gasteiger partial charge in [-0.25, -0.2) is 0 Å². The maximum absolute atomic E-state index is 5.65. The van der Waals surface area contributed by atoms with Crippen LogP contribution in [0, 0.1) is 20.8 Å². The molecule has 1 aromatic heterocycles. The minimum atomic E-state index is 0.709. The fourth-order valence-corrected chi connectivity index (χ4v) is 2.27. The molecule has 0 unspecified atom stereocenters. The summed E-state index contributed by atoms with van der Waals surface area (Å²) in [5, 5.41) is 1.37. The fourth-order valence-electron chi connectivity index (χ4n) is 2.27. The van der Waals surface area contributed by atoms with Crippen LogP contribution in [-0.4, -0.2) is 11.5 Å². The quantitative estimate of drug-likeness (QED) is 0.772. The molecule has 0 radical (unpaired) electrons. The van der Waals surface area contributed by atoms with E-state index in [2.05, 4.69) is 37.9 Å². The summed E-state index contributed by atoms with van der Waals surface area (Å²) >= 11 is 0. The normalized spacial score (nSPS) is 11.2. The lowest BCUT2D eigenvalue weighted by atomic mass is 10.0. The molecule has 0 aliphatic carbocycles. The van der Waals surface area contributed by atoms with Crippen LogP contribution in [0.1, 0.15) is 22.4 Å². The van der Waals surface area contributed by atoms with Crippen molar-refractivity contribution in [3.05, 3.63) is 34.5 Å². The number of benzene rings is 1. The number of rotatable bonds is 2. The molecule has 0 fully saturated rings. The number of H-pyrrole nitrogens is 1.